The maximum Gasteiger partial charge on any atom is 0.274 e. The first-order valence-electron chi connectivity index (χ1n) is 8.06. The van der Waals surface area contributed by atoms with Crippen molar-refractivity contribution in [1.29, 1.82) is 0 Å². The van der Waals surface area contributed by atoms with Crippen molar-refractivity contribution >= 4 is 11.6 Å². The molecule has 4 nitrogen and oxygen atoms in total. The number of nitrogens with zero attached hydrogens (tertiary/aromatic N) is 1. The molecule has 0 spiro atoms. The Morgan fingerprint density at radius 1 is 1.24 bits per heavy atom. The van der Waals surface area contributed by atoms with E-state index in [1.807, 2.05) is 13.8 Å². The van der Waals surface area contributed by atoms with E-state index in [0.717, 1.165) is 36.1 Å². The molecule has 114 valence electrons. The molecule has 0 radical (unpaired) electrons. The van der Waals surface area contributed by atoms with E-state index in [1.165, 1.54) is 32.1 Å². The van der Waals surface area contributed by atoms with Gasteiger partial charge in [-0.05, 0) is 57.4 Å². The van der Waals surface area contributed by atoms with Gasteiger partial charge in [0.15, 0.2) is 0 Å². The van der Waals surface area contributed by atoms with Crippen LogP contribution in [0, 0.1) is 25.7 Å². The maximum atomic E-state index is 12.1. The third-order valence-corrected chi connectivity index (χ3v) is 4.97. The number of nitrogens with one attached hydrogen (secondary N) is 1. The van der Waals surface area contributed by atoms with Crippen molar-refractivity contribution in [3.8, 4) is 0 Å². The summed E-state index contributed by atoms with van der Waals surface area (Å²) in [5, 5.41) is 4.38. The van der Waals surface area contributed by atoms with Gasteiger partial charge in [0.2, 0.25) is 0 Å². The van der Waals surface area contributed by atoms with Gasteiger partial charge in [0.1, 0.15) is 11.5 Å². The van der Waals surface area contributed by atoms with E-state index in [-0.39, 0.29) is 5.91 Å². The maximum absolute atomic E-state index is 12.1. The molecule has 2 saturated carbocycles. The minimum atomic E-state index is -0.164. The van der Waals surface area contributed by atoms with Crippen LogP contribution in [-0.4, -0.2) is 11.6 Å². The predicted molar refractivity (Wildman–Crippen MR) is 82.4 cm³/mol. The Bertz CT molecular complexity index is 559. The number of amides is 1. The summed E-state index contributed by atoms with van der Waals surface area (Å²) < 4.78 is 5.39. The van der Waals surface area contributed by atoms with Crippen LogP contribution in [0.25, 0.3) is 0 Å². The summed E-state index contributed by atoms with van der Waals surface area (Å²) in [7, 11) is 0. The highest BCUT2D eigenvalue weighted by molar-refractivity contribution is 5.96. The quantitative estimate of drug-likeness (QED) is 0.837. The molecule has 1 aromatic rings. The number of furan rings is 1. The van der Waals surface area contributed by atoms with Gasteiger partial charge < -0.3 is 4.42 Å². The van der Waals surface area contributed by atoms with Crippen molar-refractivity contribution in [3.05, 3.63) is 23.2 Å². The lowest BCUT2D eigenvalue weighted by Crippen LogP contribution is -2.29. The molecule has 1 amide bonds. The molecule has 21 heavy (non-hydrogen) atoms. The number of carbonyl (C=O) groups excluding carboxylic acids is 1. The second-order valence-electron chi connectivity index (χ2n) is 6.49. The van der Waals surface area contributed by atoms with Crippen LogP contribution in [0.4, 0.5) is 0 Å². The van der Waals surface area contributed by atoms with Crippen molar-refractivity contribution in [2.24, 2.45) is 16.9 Å². The highest BCUT2D eigenvalue weighted by atomic mass is 16.3. The average Bonchev–Trinajstić information content (AvgIpc) is 2.83. The molecular weight excluding hydrogens is 264 g/mol. The van der Waals surface area contributed by atoms with Gasteiger partial charge in [-0.1, -0.05) is 19.3 Å². The first-order valence-corrected chi connectivity index (χ1v) is 8.06. The number of rotatable bonds is 2. The zero-order valence-electron chi connectivity index (χ0n) is 12.9. The Hall–Kier alpha value is -1.58. The third kappa shape index (κ3) is 3.20. The number of fused-ring (bicyclic) bond motifs is 1. The van der Waals surface area contributed by atoms with Gasteiger partial charge in [0.25, 0.3) is 5.91 Å². The topological polar surface area (TPSA) is 54.6 Å². The fourth-order valence-electron chi connectivity index (χ4n) is 3.84. The van der Waals surface area contributed by atoms with Crippen LogP contribution in [0.3, 0.4) is 0 Å². The molecule has 4 heteroatoms. The molecule has 1 N–H and O–H groups in total. The van der Waals surface area contributed by atoms with Crippen molar-refractivity contribution in [1.82, 2.24) is 5.43 Å². The molecule has 2 fully saturated rings. The van der Waals surface area contributed by atoms with Crippen molar-refractivity contribution < 1.29 is 9.21 Å². The summed E-state index contributed by atoms with van der Waals surface area (Å²) in [5.41, 5.74) is 4.45. The average molecular weight is 288 g/mol. The highest BCUT2D eigenvalue weighted by Gasteiger charge is 2.30. The molecule has 0 aromatic carbocycles. The normalized spacial score (nSPS) is 27.4. The predicted octanol–water partition coefficient (Wildman–Crippen LogP) is 3.97. The molecule has 0 bridgehead atoms. The summed E-state index contributed by atoms with van der Waals surface area (Å²) in [6.45, 7) is 3.66. The molecule has 2 atom stereocenters. The van der Waals surface area contributed by atoms with E-state index < -0.39 is 0 Å². The number of carbonyl (C=O) groups is 1. The summed E-state index contributed by atoms with van der Waals surface area (Å²) in [6.07, 6.45) is 8.80. The van der Waals surface area contributed by atoms with Crippen LogP contribution in [0.15, 0.2) is 15.6 Å². The van der Waals surface area contributed by atoms with Crippen LogP contribution < -0.4 is 5.43 Å². The van der Waals surface area contributed by atoms with E-state index in [4.69, 9.17) is 4.42 Å². The number of hydrazone groups is 1. The lowest BCUT2D eigenvalue weighted by atomic mass is 9.70. The number of aryl methyl sites for hydroxylation is 2. The number of hydrogen-bond donors (Lipinski definition) is 1. The van der Waals surface area contributed by atoms with Gasteiger partial charge in [0, 0.05) is 5.71 Å². The molecule has 1 aromatic heterocycles. The smallest absolute Gasteiger partial charge is 0.274 e. The van der Waals surface area contributed by atoms with Crippen LogP contribution in [0.2, 0.25) is 0 Å². The summed E-state index contributed by atoms with van der Waals surface area (Å²) >= 11 is 0. The molecule has 0 aliphatic heterocycles. The van der Waals surface area contributed by atoms with Gasteiger partial charge in [-0.15, -0.1) is 0 Å². The summed E-state index contributed by atoms with van der Waals surface area (Å²) in [4.78, 5) is 12.1. The molecular formula is C17H24N2O2. The van der Waals surface area contributed by atoms with E-state index >= 15 is 0 Å². The van der Waals surface area contributed by atoms with E-state index in [1.54, 1.807) is 6.07 Å². The van der Waals surface area contributed by atoms with Crippen molar-refractivity contribution in [3.63, 3.8) is 0 Å². The standard InChI is InChI=1S/C17H24N2O2/c1-11-9-16(12(2)21-11)17(20)19-18-15-8-7-13-5-3-4-6-14(13)10-15/h9,13-14H,3-8,10H2,1-2H3,(H,19,20)/b18-15-/t13-,14-/m1/s1. The van der Waals surface area contributed by atoms with Gasteiger partial charge in [-0.3, -0.25) is 4.79 Å². The van der Waals surface area contributed by atoms with Gasteiger partial charge in [-0.25, -0.2) is 5.43 Å². The molecule has 0 unspecified atom stereocenters. The van der Waals surface area contributed by atoms with Gasteiger partial charge >= 0.3 is 0 Å². The van der Waals surface area contributed by atoms with E-state index in [0.29, 0.717) is 11.3 Å². The Labute approximate surface area is 126 Å². The zero-order chi connectivity index (χ0) is 14.8. The minimum absolute atomic E-state index is 0.164. The molecule has 2 aliphatic rings. The fourth-order valence-corrected chi connectivity index (χ4v) is 3.84. The van der Waals surface area contributed by atoms with Crippen LogP contribution >= 0.6 is 0 Å². The third-order valence-electron chi connectivity index (χ3n) is 4.97. The van der Waals surface area contributed by atoms with Crippen LogP contribution in [0.5, 0.6) is 0 Å². The Balaban J connectivity index is 1.61. The monoisotopic (exact) mass is 288 g/mol. The first-order chi connectivity index (χ1) is 10.1. The lowest BCUT2D eigenvalue weighted by Gasteiger charge is -2.35. The van der Waals surface area contributed by atoms with E-state index in [9.17, 15) is 4.79 Å². The van der Waals surface area contributed by atoms with Crippen LogP contribution in [-0.2, 0) is 0 Å². The largest absolute Gasteiger partial charge is 0.466 e. The minimum Gasteiger partial charge on any atom is -0.466 e. The van der Waals surface area contributed by atoms with Gasteiger partial charge in [0.05, 0.1) is 5.56 Å². The second kappa shape index (κ2) is 6.04. The zero-order valence-corrected chi connectivity index (χ0v) is 12.9. The first kappa shape index (κ1) is 14.4. The molecule has 0 saturated heterocycles. The molecule has 3 rings (SSSR count). The number of hydrogen-bond acceptors (Lipinski definition) is 3. The van der Waals surface area contributed by atoms with Crippen molar-refractivity contribution in [2.45, 2.75) is 58.8 Å². The summed E-state index contributed by atoms with van der Waals surface area (Å²) in [5.74, 6) is 2.94. The van der Waals surface area contributed by atoms with Gasteiger partial charge in [-0.2, -0.15) is 5.10 Å². The van der Waals surface area contributed by atoms with Crippen molar-refractivity contribution in [2.75, 3.05) is 0 Å². The Morgan fingerprint density at radius 3 is 2.71 bits per heavy atom. The highest BCUT2D eigenvalue weighted by Crippen LogP contribution is 2.39. The van der Waals surface area contributed by atoms with Crippen LogP contribution in [0.1, 0.15) is 66.8 Å². The fraction of sp³-hybridized carbons (Fsp3) is 0.647. The lowest BCUT2D eigenvalue weighted by molar-refractivity contribution is 0.0952. The molecule has 1 heterocycles. The Kier molecular flexibility index (Phi) is 4.13. The molecule has 2 aliphatic carbocycles. The Morgan fingerprint density at radius 2 is 2.00 bits per heavy atom. The summed E-state index contributed by atoms with van der Waals surface area (Å²) in [6, 6.07) is 1.77. The SMILES string of the molecule is Cc1cc(C(=O)N/N=C2/CC[C@H]3CCCC[C@@H]3C2)c(C)o1. The second-order valence-corrected chi connectivity index (χ2v) is 6.49. The van der Waals surface area contributed by atoms with E-state index in [2.05, 4.69) is 10.5 Å².